The van der Waals surface area contributed by atoms with Crippen LogP contribution in [0.3, 0.4) is 0 Å². The van der Waals surface area contributed by atoms with Gasteiger partial charge in [-0.2, -0.15) is 9.90 Å². The van der Waals surface area contributed by atoms with E-state index >= 15 is 0 Å². The van der Waals surface area contributed by atoms with Gasteiger partial charge in [-0.3, -0.25) is 0 Å². The average molecular weight is 367 g/mol. The van der Waals surface area contributed by atoms with Crippen LogP contribution in [0.15, 0.2) is 47.6 Å². The summed E-state index contributed by atoms with van der Waals surface area (Å²) in [6, 6.07) is 0. The highest BCUT2D eigenvalue weighted by Crippen LogP contribution is 2.46. The van der Waals surface area contributed by atoms with Gasteiger partial charge in [0, 0.05) is 0 Å². The summed E-state index contributed by atoms with van der Waals surface area (Å²) in [5.74, 6) is 0.601. The Morgan fingerprint density at radius 1 is 1.28 bits per heavy atom. The summed E-state index contributed by atoms with van der Waals surface area (Å²) in [6.07, 6.45) is 10.4. The van der Waals surface area contributed by atoms with Gasteiger partial charge in [-0.05, 0) is 67.1 Å². The zero-order chi connectivity index (χ0) is 17.5. The lowest BCUT2D eigenvalue weighted by Gasteiger charge is -2.39. The van der Waals surface area contributed by atoms with E-state index in [1.165, 1.54) is 41.6 Å². The van der Waals surface area contributed by atoms with E-state index in [0.29, 0.717) is 5.92 Å². The summed E-state index contributed by atoms with van der Waals surface area (Å²) >= 11 is 0. The molecule has 0 amide bonds. The van der Waals surface area contributed by atoms with Crippen molar-refractivity contribution in [2.75, 3.05) is 13.2 Å². The Bertz CT molecular complexity index is 474. The molecule has 0 bridgehead atoms. The summed E-state index contributed by atoms with van der Waals surface area (Å²) in [5, 5.41) is 0. The van der Waals surface area contributed by atoms with Gasteiger partial charge in [0.1, 0.15) is 0 Å². The molecule has 0 aromatic carbocycles. The van der Waals surface area contributed by atoms with Crippen molar-refractivity contribution < 1.29 is 4.74 Å². The van der Waals surface area contributed by atoms with Crippen LogP contribution in [0.4, 0.5) is 0 Å². The fraction of sp³-hybridized carbons (Fsp3) is 0.652. The van der Waals surface area contributed by atoms with Gasteiger partial charge in [-0.1, -0.05) is 59.4 Å². The molecule has 0 radical (unpaired) electrons. The molecular weight excluding hydrogens is 323 g/mol. The molecule has 2 aliphatic rings. The van der Waals surface area contributed by atoms with E-state index in [-0.39, 0.29) is 22.7 Å². The Morgan fingerprint density at radius 2 is 1.92 bits per heavy atom. The highest BCUT2D eigenvalue weighted by atomic mass is 31.0. The lowest BCUT2D eigenvalue weighted by Crippen LogP contribution is -2.28. The Kier molecular flexibility index (Phi) is 13.5. The molecule has 0 aromatic heterocycles. The van der Waals surface area contributed by atoms with Gasteiger partial charge >= 0.3 is 0 Å². The predicted octanol–water partition coefficient (Wildman–Crippen LogP) is 7.33. The fourth-order valence-corrected chi connectivity index (χ4v) is 3.96. The second-order valence-electron chi connectivity index (χ2n) is 7.36. The molecule has 1 unspecified atom stereocenters. The van der Waals surface area contributed by atoms with E-state index in [4.69, 9.17) is 4.74 Å². The molecule has 0 saturated carbocycles. The SMILES string of the molecule is C.C=CC1=C(/C=C2/CCOC2)[C@H](C(C)(C)CC(=C)C)CCC1.CC.P. The third-order valence-electron chi connectivity index (χ3n) is 4.85. The molecule has 0 aromatic rings. The first-order chi connectivity index (χ1) is 10.9. The molecule has 1 aliphatic heterocycles. The van der Waals surface area contributed by atoms with Gasteiger partial charge < -0.3 is 4.74 Å². The molecule has 1 heterocycles. The van der Waals surface area contributed by atoms with Crippen molar-refractivity contribution in [1.29, 1.82) is 0 Å². The third-order valence-corrected chi connectivity index (χ3v) is 4.85. The lowest BCUT2D eigenvalue weighted by molar-refractivity contribution is 0.204. The summed E-state index contributed by atoms with van der Waals surface area (Å²) in [7, 11) is 0. The van der Waals surface area contributed by atoms with Crippen molar-refractivity contribution >= 4 is 9.90 Å². The Morgan fingerprint density at radius 3 is 2.40 bits per heavy atom. The molecule has 0 N–H and O–H groups in total. The minimum absolute atomic E-state index is 0. The molecule has 1 saturated heterocycles. The van der Waals surface area contributed by atoms with E-state index in [1.807, 2.05) is 13.8 Å². The van der Waals surface area contributed by atoms with Crippen LogP contribution < -0.4 is 0 Å². The van der Waals surface area contributed by atoms with Crippen molar-refractivity contribution in [2.45, 2.75) is 74.1 Å². The highest BCUT2D eigenvalue weighted by Gasteiger charge is 2.34. The van der Waals surface area contributed by atoms with Gasteiger partial charge in [0.2, 0.25) is 0 Å². The van der Waals surface area contributed by atoms with E-state index in [1.54, 1.807) is 0 Å². The quantitative estimate of drug-likeness (QED) is 0.365. The molecule has 2 rings (SSSR count). The van der Waals surface area contributed by atoms with Crippen LogP contribution in [-0.4, -0.2) is 13.2 Å². The van der Waals surface area contributed by atoms with Gasteiger partial charge in [-0.15, -0.1) is 6.58 Å². The summed E-state index contributed by atoms with van der Waals surface area (Å²) in [6.45, 7) is 20.8. The number of ether oxygens (including phenoxy) is 1. The minimum atomic E-state index is 0. The minimum Gasteiger partial charge on any atom is -0.377 e. The average Bonchev–Trinajstić information content (AvgIpc) is 3.01. The predicted molar refractivity (Wildman–Crippen MR) is 120 cm³/mol. The topological polar surface area (TPSA) is 9.23 Å². The molecule has 1 fully saturated rings. The summed E-state index contributed by atoms with van der Waals surface area (Å²) < 4.78 is 5.52. The molecule has 2 heteroatoms. The molecular formula is C23H43OP. The molecule has 0 spiro atoms. The monoisotopic (exact) mass is 366 g/mol. The number of hydrogen-bond donors (Lipinski definition) is 0. The Balaban J connectivity index is 0. The second-order valence-corrected chi connectivity index (χ2v) is 7.36. The maximum Gasteiger partial charge on any atom is 0.0680 e. The van der Waals surface area contributed by atoms with Gasteiger partial charge in [-0.25, -0.2) is 0 Å². The van der Waals surface area contributed by atoms with Crippen molar-refractivity contribution in [2.24, 2.45) is 11.3 Å². The Labute approximate surface area is 161 Å². The van der Waals surface area contributed by atoms with Gasteiger partial charge in [0.15, 0.2) is 0 Å². The van der Waals surface area contributed by atoms with E-state index in [2.05, 4.69) is 46.1 Å². The van der Waals surface area contributed by atoms with Crippen LogP contribution in [0.25, 0.3) is 0 Å². The molecule has 1 aliphatic carbocycles. The second kappa shape index (κ2) is 12.7. The maximum absolute atomic E-state index is 5.52. The summed E-state index contributed by atoms with van der Waals surface area (Å²) in [4.78, 5) is 0. The van der Waals surface area contributed by atoms with Crippen molar-refractivity contribution in [3.63, 3.8) is 0 Å². The summed E-state index contributed by atoms with van der Waals surface area (Å²) in [5.41, 5.74) is 5.94. The molecule has 146 valence electrons. The van der Waals surface area contributed by atoms with E-state index < -0.39 is 0 Å². The van der Waals surface area contributed by atoms with E-state index in [9.17, 15) is 0 Å². The first-order valence-electron chi connectivity index (χ1n) is 9.21. The standard InChI is InChI=1S/C20H30O.C2H6.CH4.H3P/c1-6-17-8-7-9-19(20(4,5)13-15(2)3)18(17)12-16-10-11-21-14-16;1-2;;/h6,12,19H,1-2,7-11,13-14H2,3-5H3;1-2H3;1H4;1H3/b16-12-;;;/t19-;;;/m1.../s1. The first kappa shape index (κ1) is 26.6. The molecule has 2 atom stereocenters. The Hall–Kier alpha value is -0.650. The van der Waals surface area contributed by atoms with E-state index in [0.717, 1.165) is 26.1 Å². The van der Waals surface area contributed by atoms with Gasteiger partial charge in [0.25, 0.3) is 0 Å². The van der Waals surface area contributed by atoms with Crippen LogP contribution >= 0.6 is 9.90 Å². The maximum atomic E-state index is 5.52. The smallest absolute Gasteiger partial charge is 0.0680 e. The number of hydrogen-bond acceptors (Lipinski definition) is 1. The fourth-order valence-electron chi connectivity index (χ4n) is 3.96. The third kappa shape index (κ3) is 7.63. The lowest BCUT2D eigenvalue weighted by atomic mass is 9.65. The largest absolute Gasteiger partial charge is 0.377 e. The molecule has 25 heavy (non-hydrogen) atoms. The van der Waals surface area contributed by atoms with Crippen LogP contribution in [-0.2, 0) is 4.74 Å². The molecule has 1 nitrogen and oxygen atoms in total. The van der Waals surface area contributed by atoms with Crippen molar-refractivity contribution in [3.8, 4) is 0 Å². The highest BCUT2D eigenvalue weighted by molar-refractivity contribution is 6.92. The number of allylic oxidation sites excluding steroid dienone is 5. The van der Waals surface area contributed by atoms with Crippen LogP contribution in [0, 0.1) is 11.3 Å². The van der Waals surface area contributed by atoms with Crippen LogP contribution in [0.2, 0.25) is 0 Å². The first-order valence-corrected chi connectivity index (χ1v) is 9.21. The van der Waals surface area contributed by atoms with Crippen molar-refractivity contribution in [3.05, 3.63) is 47.6 Å². The van der Waals surface area contributed by atoms with Gasteiger partial charge in [0.05, 0.1) is 13.2 Å². The van der Waals surface area contributed by atoms with Crippen molar-refractivity contribution in [1.82, 2.24) is 0 Å². The normalized spacial score (nSPS) is 21.6. The zero-order valence-electron chi connectivity index (χ0n) is 16.7. The number of rotatable bonds is 5. The zero-order valence-corrected chi connectivity index (χ0v) is 18.1. The van der Waals surface area contributed by atoms with Crippen LogP contribution in [0.5, 0.6) is 0 Å². The van der Waals surface area contributed by atoms with Crippen LogP contribution in [0.1, 0.15) is 74.1 Å².